The molecule has 4 rings (SSSR count). The summed E-state index contributed by atoms with van der Waals surface area (Å²) in [6.45, 7) is 5.37. The van der Waals surface area contributed by atoms with E-state index in [0.29, 0.717) is 6.61 Å². The van der Waals surface area contributed by atoms with Gasteiger partial charge in [0.05, 0.1) is 31.3 Å². The van der Waals surface area contributed by atoms with Crippen molar-refractivity contribution in [1.82, 2.24) is 10.2 Å². The SMILES string of the molecule is C/C(=C1/CO[C@@H]2CN(Cc3ccoc3)C[C@H]2N1)c1ccc(F)cc1. The molecule has 3 heterocycles. The van der Waals surface area contributed by atoms with Crippen LogP contribution in [0.1, 0.15) is 18.1 Å². The molecule has 2 atom stereocenters. The zero-order valence-corrected chi connectivity index (χ0v) is 13.7. The fraction of sp³-hybridized carbons (Fsp3) is 0.368. The number of halogens is 1. The summed E-state index contributed by atoms with van der Waals surface area (Å²) >= 11 is 0. The molecule has 2 saturated heterocycles. The molecule has 0 aliphatic carbocycles. The van der Waals surface area contributed by atoms with Gasteiger partial charge in [0.2, 0.25) is 0 Å². The summed E-state index contributed by atoms with van der Waals surface area (Å²) < 4.78 is 24.3. The molecule has 0 spiro atoms. The molecular formula is C19H21FN2O2. The van der Waals surface area contributed by atoms with Crippen molar-refractivity contribution in [3.63, 3.8) is 0 Å². The van der Waals surface area contributed by atoms with Crippen LogP contribution in [0.15, 0.2) is 53.0 Å². The molecule has 24 heavy (non-hydrogen) atoms. The molecule has 0 saturated carbocycles. The van der Waals surface area contributed by atoms with Crippen molar-refractivity contribution in [2.24, 2.45) is 0 Å². The Morgan fingerprint density at radius 3 is 2.83 bits per heavy atom. The molecule has 1 aromatic heterocycles. The number of furan rings is 1. The van der Waals surface area contributed by atoms with E-state index in [1.54, 1.807) is 12.5 Å². The number of hydrogen-bond donors (Lipinski definition) is 1. The van der Waals surface area contributed by atoms with E-state index in [1.165, 1.54) is 17.7 Å². The summed E-state index contributed by atoms with van der Waals surface area (Å²) in [7, 11) is 0. The first-order chi connectivity index (χ1) is 11.7. The Kier molecular flexibility index (Phi) is 4.12. The molecule has 4 nitrogen and oxygen atoms in total. The number of rotatable bonds is 3. The van der Waals surface area contributed by atoms with Crippen LogP contribution in [-0.4, -0.2) is 36.7 Å². The second kappa shape index (κ2) is 6.42. The fourth-order valence-corrected chi connectivity index (χ4v) is 3.48. The summed E-state index contributed by atoms with van der Waals surface area (Å²) in [6, 6.07) is 8.90. The standard InChI is InChI=1S/C19H21FN2O2/c1-13(15-2-4-16(20)5-3-15)18-12-24-19-10-22(9-17(19)21-18)8-14-6-7-23-11-14/h2-7,11,17,19,21H,8-10,12H2,1H3/b18-13+/t17-,19-/m1/s1. The van der Waals surface area contributed by atoms with E-state index in [0.717, 1.165) is 36.5 Å². The molecule has 0 unspecified atom stereocenters. The molecular weight excluding hydrogens is 307 g/mol. The van der Waals surface area contributed by atoms with Crippen molar-refractivity contribution in [2.45, 2.75) is 25.6 Å². The number of benzene rings is 1. The Morgan fingerprint density at radius 2 is 2.08 bits per heavy atom. The smallest absolute Gasteiger partial charge is 0.123 e. The number of ether oxygens (including phenoxy) is 1. The van der Waals surface area contributed by atoms with Crippen LogP contribution in [0.2, 0.25) is 0 Å². The zero-order chi connectivity index (χ0) is 16.5. The zero-order valence-electron chi connectivity index (χ0n) is 13.7. The monoisotopic (exact) mass is 328 g/mol. The van der Waals surface area contributed by atoms with Crippen LogP contribution in [-0.2, 0) is 11.3 Å². The van der Waals surface area contributed by atoms with Gasteiger partial charge in [-0.15, -0.1) is 0 Å². The molecule has 0 amide bonds. The van der Waals surface area contributed by atoms with Crippen molar-refractivity contribution < 1.29 is 13.5 Å². The molecule has 1 aromatic carbocycles. The summed E-state index contributed by atoms with van der Waals surface area (Å²) in [5, 5.41) is 3.63. The first-order valence-corrected chi connectivity index (χ1v) is 8.26. The summed E-state index contributed by atoms with van der Waals surface area (Å²) in [5.74, 6) is -0.213. The third-order valence-corrected chi connectivity index (χ3v) is 4.86. The number of allylic oxidation sites excluding steroid dienone is 1. The second-order valence-corrected chi connectivity index (χ2v) is 6.54. The van der Waals surface area contributed by atoms with Gasteiger partial charge < -0.3 is 14.5 Å². The number of hydrogen-bond acceptors (Lipinski definition) is 4. The van der Waals surface area contributed by atoms with Crippen LogP contribution in [0.4, 0.5) is 4.39 Å². The quantitative estimate of drug-likeness (QED) is 0.940. The largest absolute Gasteiger partial charge is 0.472 e. The Bertz CT molecular complexity index is 724. The van der Waals surface area contributed by atoms with E-state index in [9.17, 15) is 4.39 Å². The third-order valence-electron chi connectivity index (χ3n) is 4.86. The van der Waals surface area contributed by atoms with Crippen LogP contribution < -0.4 is 5.32 Å². The lowest BCUT2D eigenvalue weighted by Gasteiger charge is -2.30. The van der Waals surface area contributed by atoms with Gasteiger partial charge in [0.1, 0.15) is 5.82 Å². The van der Waals surface area contributed by atoms with Crippen molar-refractivity contribution in [2.75, 3.05) is 19.7 Å². The maximum absolute atomic E-state index is 13.1. The maximum atomic E-state index is 13.1. The molecule has 2 aliphatic rings. The Morgan fingerprint density at radius 1 is 1.25 bits per heavy atom. The highest BCUT2D eigenvalue weighted by Crippen LogP contribution is 2.25. The summed E-state index contributed by atoms with van der Waals surface area (Å²) in [5.41, 5.74) is 4.41. The average molecular weight is 328 g/mol. The number of nitrogens with one attached hydrogen (secondary N) is 1. The minimum atomic E-state index is -0.213. The average Bonchev–Trinajstić information content (AvgIpc) is 3.23. The molecule has 0 radical (unpaired) electrons. The van der Waals surface area contributed by atoms with Crippen molar-refractivity contribution in [3.05, 3.63) is 65.5 Å². The van der Waals surface area contributed by atoms with Crippen LogP contribution in [0.3, 0.4) is 0 Å². The second-order valence-electron chi connectivity index (χ2n) is 6.54. The predicted octanol–water partition coefficient (Wildman–Crippen LogP) is 3.02. The minimum absolute atomic E-state index is 0.210. The van der Waals surface area contributed by atoms with E-state index in [1.807, 2.05) is 18.2 Å². The Labute approximate surface area is 140 Å². The van der Waals surface area contributed by atoms with Crippen molar-refractivity contribution in [3.8, 4) is 0 Å². The summed E-state index contributed by atoms with van der Waals surface area (Å²) in [4.78, 5) is 2.38. The van der Waals surface area contributed by atoms with Crippen LogP contribution in [0.5, 0.6) is 0 Å². The molecule has 0 bridgehead atoms. The minimum Gasteiger partial charge on any atom is -0.472 e. The normalized spacial score (nSPS) is 26.1. The van der Waals surface area contributed by atoms with Gasteiger partial charge in [-0.3, -0.25) is 4.90 Å². The van der Waals surface area contributed by atoms with E-state index in [2.05, 4.69) is 17.1 Å². The first kappa shape index (κ1) is 15.4. The lowest BCUT2D eigenvalue weighted by molar-refractivity contribution is 0.0363. The number of nitrogens with zero attached hydrogens (tertiary/aromatic N) is 1. The fourth-order valence-electron chi connectivity index (χ4n) is 3.48. The first-order valence-electron chi connectivity index (χ1n) is 8.26. The van der Waals surface area contributed by atoms with Crippen LogP contribution in [0, 0.1) is 5.82 Å². The van der Waals surface area contributed by atoms with Crippen molar-refractivity contribution in [1.29, 1.82) is 0 Å². The van der Waals surface area contributed by atoms with Gasteiger partial charge in [-0.05, 0) is 36.3 Å². The molecule has 1 N–H and O–H groups in total. The lowest BCUT2D eigenvalue weighted by Crippen LogP contribution is -2.46. The van der Waals surface area contributed by atoms with Gasteiger partial charge in [0, 0.05) is 30.9 Å². The summed E-state index contributed by atoms with van der Waals surface area (Å²) in [6.07, 6.45) is 3.71. The van der Waals surface area contributed by atoms with Crippen LogP contribution >= 0.6 is 0 Å². The molecule has 2 aromatic rings. The third kappa shape index (κ3) is 3.09. The van der Waals surface area contributed by atoms with E-state index < -0.39 is 0 Å². The predicted molar refractivity (Wildman–Crippen MR) is 89.6 cm³/mol. The van der Waals surface area contributed by atoms with Gasteiger partial charge in [-0.1, -0.05) is 12.1 Å². The lowest BCUT2D eigenvalue weighted by atomic mass is 10.0. The maximum Gasteiger partial charge on any atom is 0.123 e. The van der Waals surface area contributed by atoms with Crippen molar-refractivity contribution >= 4 is 5.57 Å². The Balaban J connectivity index is 1.45. The van der Waals surface area contributed by atoms with Gasteiger partial charge in [-0.2, -0.15) is 0 Å². The Hall–Kier alpha value is -2.11. The van der Waals surface area contributed by atoms with Gasteiger partial charge in [0.15, 0.2) is 0 Å². The highest BCUT2D eigenvalue weighted by atomic mass is 19.1. The molecule has 126 valence electrons. The van der Waals surface area contributed by atoms with Crippen LogP contribution in [0.25, 0.3) is 5.57 Å². The van der Waals surface area contributed by atoms with Gasteiger partial charge >= 0.3 is 0 Å². The number of morpholine rings is 1. The molecule has 2 aliphatic heterocycles. The molecule has 5 heteroatoms. The number of fused-ring (bicyclic) bond motifs is 1. The number of likely N-dealkylation sites (tertiary alicyclic amines) is 1. The highest BCUT2D eigenvalue weighted by molar-refractivity contribution is 5.66. The van der Waals surface area contributed by atoms with Gasteiger partial charge in [-0.25, -0.2) is 4.39 Å². The van der Waals surface area contributed by atoms with E-state index >= 15 is 0 Å². The topological polar surface area (TPSA) is 37.6 Å². The highest BCUT2D eigenvalue weighted by Gasteiger charge is 2.37. The van der Waals surface area contributed by atoms with E-state index in [4.69, 9.17) is 9.15 Å². The van der Waals surface area contributed by atoms with Gasteiger partial charge in [0.25, 0.3) is 0 Å². The molecule has 2 fully saturated rings. The van der Waals surface area contributed by atoms with E-state index in [-0.39, 0.29) is 18.0 Å².